The summed E-state index contributed by atoms with van der Waals surface area (Å²) in [5.41, 5.74) is 2.06. The molecule has 0 unspecified atom stereocenters. The number of hydrogen-bond acceptors (Lipinski definition) is 5. The number of hydrogen-bond donors (Lipinski definition) is 2. The lowest BCUT2D eigenvalue weighted by molar-refractivity contribution is 0.0950. The van der Waals surface area contributed by atoms with E-state index >= 15 is 0 Å². The molecule has 0 aromatic carbocycles. The molecule has 0 atom stereocenters. The molecule has 112 valence electrons. The number of pyridine rings is 1. The molecule has 0 spiro atoms. The standard InChI is InChI=1S/C14H17ClN4O2/c1-4-16-13-12(15)5-10(6-17-13)14(20)18-7-11-8(2)19-21-9(11)3/h5-6H,4,7H2,1-3H3,(H,16,17)(H,18,20). The van der Waals surface area contributed by atoms with Crippen molar-refractivity contribution >= 4 is 23.3 Å². The Balaban J connectivity index is 2.05. The lowest BCUT2D eigenvalue weighted by Gasteiger charge is -2.08. The minimum Gasteiger partial charge on any atom is -0.369 e. The number of amides is 1. The van der Waals surface area contributed by atoms with Crippen molar-refractivity contribution < 1.29 is 9.32 Å². The number of halogens is 1. The van der Waals surface area contributed by atoms with Gasteiger partial charge < -0.3 is 15.2 Å². The summed E-state index contributed by atoms with van der Waals surface area (Å²) >= 11 is 6.07. The Labute approximate surface area is 127 Å². The van der Waals surface area contributed by atoms with E-state index in [1.165, 1.54) is 6.20 Å². The third-order valence-corrected chi connectivity index (χ3v) is 3.34. The first-order chi connectivity index (χ1) is 10.0. The van der Waals surface area contributed by atoms with Crippen LogP contribution in [-0.4, -0.2) is 22.6 Å². The number of nitrogens with one attached hydrogen (secondary N) is 2. The lowest BCUT2D eigenvalue weighted by Crippen LogP contribution is -2.23. The first-order valence-electron chi connectivity index (χ1n) is 6.62. The second-order valence-electron chi connectivity index (χ2n) is 4.57. The van der Waals surface area contributed by atoms with Crippen LogP contribution < -0.4 is 10.6 Å². The SMILES string of the molecule is CCNc1ncc(C(=O)NCc2c(C)noc2C)cc1Cl. The van der Waals surface area contributed by atoms with E-state index in [-0.39, 0.29) is 5.91 Å². The second-order valence-corrected chi connectivity index (χ2v) is 4.98. The highest BCUT2D eigenvalue weighted by Crippen LogP contribution is 2.20. The van der Waals surface area contributed by atoms with Crippen molar-refractivity contribution in [2.24, 2.45) is 0 Å². The number of aryl methyl sites for hydroxylation is 2. The Hall–Kier alpha value is -2.08. The van der Waals surface area contributed by atoms with Crippen molar-refractivity contribution in [3.63, 3.8) is 0 Å². The maximum Gasteiger partial charge on any atom is 0.253 e. The van der Waals surface area contributed by atoms with Gasteiger partial charge in [0.15, 0.2) is 0 Å². The second kappa shape index (κ2) is 6.58. The molecule has 2 heterocycles. The van der Waals surface area contributed by atoms with E-state index < -0.39 is 0 Å². The molecule has 2 aromatic heterocycles. The van der Waals surface area contributed by atoms with E-state index in [0.717, 1.165) is 11.3 Å². The van der Waals surface area contributed by atoms with Gasteiger partial charge in [-0.1, -0.05) is 16.8 Å². The number of aromatic nitrogens is 2. The van der Waals surface area contributed by atoms with Crippen LogP contribution in [0.25, 0.3) is 0 Å². The number of nitrogens with zero attached hydrogens (tertiary/aromatic N) is 2. The van der Waals surface area contributed by atoms with Gasteiger partial charge in [-0.05, 0) is 26.8 Å². The normalized spacial score (nSPS) is 10.5. The van der Waals surface area contributed by atoms with Crippen molar-refractivity contribution in [2.45, 2.75) is 27.3 Å². The minimum atomic E-state index is -0.243. The summed E-state index contributed by atoms with van der Waals surface area (Å²) < 4.78 is 5.05. The molecular weight excluding hydrogens is 292 g/mol. The van der Waals surface area contributed by atoms with Gasteiger partial charge >= 0.3 is 0 Å². The zero-order valence-corrected chi connectivity index (χ0v) is 12.9. The summed E-state index contributed by atoms with van der Waals surface area (Å²) in [4.78, 5) is 16.2. The summed E-state index contributed by atoms with van der Waals surface area (Å²) in [6.45, 7) is 6.66. The third kappa shape index (κ3) is 3.52. The van der Waals surface area contributed by atoms with Gasteiger partial charge in [-0.15, -0.1) is 0 Å². The number of rotatable bonds is 5. The number of carbonyl (C=O) groups is 1. The van der Waals surface area contributed by atoms with Crippen molar-refractivity contribution in [3.05, 3.63) is 39.9 Å². The van der Waals surface area contributed by atoms with Gasteiger partial charge in [-0.3, -0.25) is 4.79 Å². The highest BCUT2D eigenvalue weighted by molar-refractivity contribution is 6.33. The van der Waals surface area contributed by atoms with E-state index in [9.17, 15) is 4.79 Å². The fraction of sp³-hybridized carbons (Fsp3) is 0.357. The van der Waals surface area contributed by atoms with E-state index in [2.05, 4.69) is 20.8 Å². The highest BCUT2D eigenvalue weighted by Gasteiger charge is 2.13. The summed E-state index contributed by atoms with van der Waals surface area (Å²) in [6, 6.07) is 1.59. The van der Waals surface area contributed by atoms with Crippen LogP contribution in [0.1, 0.15) is 34.3 Å². The molecule has 0 saturated carbocycles. The van der Waals surface area contributed by atoms with Gasteiger partial charge in [0.05, 0.1) is 16.3 Å². The maximum absolute atomic E-state index is 12.1. The summed E-state index contributed by atoms with van der Waals surface area (Å²) in [5.74, 6) is 1.03. The van der Waals surface area contributed by atoms with Gasteiger partial charge in [0.1, 0.15) is 11.6 Å². The molecule has 0 saturated heterocycles. The molecule has 0 fully saturated rings. The third-order valence-electron chi connectivity index (χ3n) is 3.05. The van der Waals surface area contributed by atoms with Crippen LogP contribution in [0.15, 0.2) is 16.8 Å². The largest absolute Gasteiger partial charge is 0.369 e. The van der Waals surface area contributed by atoms with Crippen LogP contribution in [0.3, 0.4) is 0 Å². The van der Waals surface area contributed by atoms with Crippen LogP contribution in [0.2, 0.25) is 5.02 Å². The predicted molar refractivity (Wildman–Crippen MR) is 80.6 cm³/mol. The lowest BCUT2D eigenvalue weighted by atomic mass is 10.2. The van der Waals surface area contributed by atoms with Crippen LogP contribution >= 0.6 is 11.6 Å². The highest BCUT2D eigenvalue weighted by atomic mass is 35.5. The van der Waals surface area contributed by atoms with Gasteiger partial charge in [0.25, 0.3) is 5.91 Å². The molecule has 2 aromatic rings. The molecule has 0 aliphatic heterocycles. The fourth-order valence-electron chi connectivity index (χ4n) is 1.88. The quantitative estimate of drug-likeness (QED) is 0.887. The van der Waals surface area contributed by atoms with Crippen LogP contribution in [0.4, 0.5) is 5.82 Å². The summed E-state index contributed by atoms with van der Waals surface area (Å²) in [6.07, 6.45) is 1.49. The molecule has 6 nitrogen and oxygen atoms in total. The van der Waals surface area contributed by atoms with Crippen molar-refractivity contribution in [1.29, 1.82) is 0 Å². The molecule has 1 amide bonds. The molecule has 2 N–H and O–H groups in total. The smallest absolute Gasteiger partial charge is 0.253 e. The van der Waals surface area contributed by atoms with Gasteiger partial charge in [0, 0.05) is 24.8 Å². The Morgan fingerprint density at radius 3 is 2.76 bits per heavy atom. The first kappa shape index (κ1) is 15.3. The predicted octanol–water partition coefficient (Wildman–Crippen LogP) is 2.70. The average Bonchev–Trinajstić information content (AvgIpc) is 2.78. The van der Waals surface area contributed by atoms with Crippen molar-refractivity contribution in [3.8, 4) is 0 Å². The van der Waals surface area contributed by atoms with Gasteiger partial charge in [-0.25, -0.2) is 4.98 Å². The Morgan fingerprint density at radius 2 is 2.19 bits per heavy atom. The Kier molecular flexibility index (Phi) is 4.80. The monoisotopic (exact) mass is 308 g/mol. The van der Waals surface area contributed by atoms with E-state index in [4.69, 9.17) is 16.1 Å². The molecule has 0 radical (unpaired) electrons. The van der Waals surface area contributed by atoms with Crippen LogP contribution in [0.5, 0.6) is 0 Å². The van der Waals surface area contributed by atoms with E-state index in [1.807, 2.05) is 20.8 Å². The van der Waals surface area contributed by atoms with Crippen LogP contribution in [-0.2, 0) is 6.54 Å². The van der Waals surface area contributed by atoms with E-state index in [1.54, 1.807) is 6.07 Å². The number of carbonyl (C=O) groups excluding carboxylic acids is 1. The zero-order chi connectivity index (χ0) is 15.4. The van der Waals surface area contributed by atoms with Gasteiger partial charge in [0.2, 0.25) is 0 Å². The molecular formula is C14H17ClN4O2. The first-order valence-corrected chi connectivity index (χ1v) is 7.00. The summed E-state index contributed by atoms with van der Waals surface area (Å²) in [7, 11) is 0. The van der Waals surface area contributed by atoms with Crippen molar-refractivity contribution in [1.82, 2.24) is 15.5 Å². The van der Waals surface area contributed by atoms with Crippen LogP contribution in [0, 0.1) is 13.8 Å². The molecule has 21 heavy (non-hydrogen) atoms. The number of anilines is 1. The maximum atomic E-state index is 12.1. The van der Waals surface area contributed by atoms with Gasteiger partial charge in [-0.2, -0.15) is 0 Å². The van der Waals surface area contributed by atoms with Crippen molar-refractivity contribution in [2.75, 3.05) is 11.9 Å². The topological polar surface area (TPSA) is 80.0 Å². The molecule has 0 aliphatic carbocycles. The molecule has 0 aliphatic rings. The van der Waals surface area contributed by atoms with E-state index in [0.29, 0.717) is 35.3 Å². The Morgan fingerprint density at radius 1 is 1.43 bits per heavy atom. The fourth-order valence-corrected chi connectivity index (χ4v) is 2.12. The average molecular weight is 309 g/mol. The Bertz CT molecular complexity index is 635. The minimum absolute atomic E-state index is 0.243. The molecule has 2 rings (SSSR count). The zero-order valence-electron chi connectivity index (χ0n) is 12.2. The molecule has 0 bridgehead atoms. The molecule has 7 heteroatoms. The summed E-state index contributed by atoms with van der Waals surface area (Å²) in [5, 5.41) is 10.1.